The van der Waals surface area contributed by atoms with Crippen molar-refractivity contribution in [3.05, 3.63) is 47.5 Å². The van der Waals surface area contributed by atoms with Gasteiger partial charge in [-0.1, -0.05) is 24.3 Å². The van der Waals surface area contributed by atoms with E-state index >= 15 is 0 Å². The molecule has 0 aliphatic heterocycles. The Morgan fingerprint density at radius 1 is 1.29 bits per heavy atom. The molecular formula is C17H17O4. The molecule has 0 unspecified atom stereocenters. The summed E-state index contributed by atoms with van der Waals surface area (Å²) >= 11 is 0. The van der Waals surface area contributed by atoms with E-state index in [0.717, 1.165) is 0 Å². The number of rotatable bonds is 5. The number of hydrogen-bond donors (Lipinski definition) is 2. The minimum absolute atomic E-state index is 0.0777. The molecule has 0 aliphatic rings. The molecule has 4 heteroatoms. The summed E-state index contributed by atoms with van der Waals surface area (Å²) in [5, 5.41) is 20.2. The van der Waals surface area contributed by atoms with Gasteiger partial charge in [0.25, 0.3) is 0 Å². The molecule has 1 radical (unpaired) electrons. The van der Waals surface area contributed by atoms with Crippen molar-refractivity contribution in [1.29, 1.82) is 0 Å². The minimum atomic E-state index is -0.254. The van der Waals surface area contributed by atoms with Gasteiger partial charge in [0.1, 0.15) is 11.5 Å². The van der Waals surface area contributed by atoms with Crippen molar-refractivity contribution in [2.45, 2.75) is 13.3 Å². The van der Waals surface area contributed by atoms with E-state index in [1.807, 2.05) is 12.1 Å². The minimum Gasteiger partial charge on any atom is -0.507 e. The molecule has 2 N–H and O–H groups in total. The quantitative estimate of drug-likeness (QED) is 0.829. The van der Waals surface area contributed by atoms with Gasteiger partial charge in [-0.3, -0.25) is 4.79 Å². The van der Waals surface area contributed by atoms with Crippen LogP contribution in [0.5, 0.6) is 11.5 Å². The SMILES string of the molecule is COCCc1c(C(C)=O)c(O)cc(O)c1-c1[c]cccc1. The van der Waals surface area contributed by atoms with Crippen LogP contribution in [0.4, 0.5) is 0 Å². The Labute approximate surface area is 123 Å². The van der Waals surface area contributed by atoms with E-state index in [1.54, 1.807) is 19.2 Å². The second-order valence-corrected chi connectivity index (χ2v) is 4.72. The Hall–Kier alpha value is -2.33. The molecule has 0 heterocycles. The Morgan fingerprint density at radius 3 is 2.62 bits per heavy atom. The van der Waals surface area contributed by atoms with Crippen molar-refractivity contribution in [2.24, 2.45) is 0 Å². The fourth-order valence-electron chi connectivity index (χ4n) is 2.40. The molecule has 2 rings (SSSR count). The van der Waals surface area contributed by atoms with Crippen molar-refractivity contribution in [3.8, 4) is 22.6 Å². The zero-order valence-corrected chi connectivity index (χ0v) is 12.0. The van der Waals surface area contributed by atoms with Crippen molar-refractivity contribution in [3.63, 3.8) is 0 Å². The maximum atomic E-state index is 11.9. The lowest BCUT2D eigenvalue weighted by Crippen LogP contribution is -2.06. The van der Waals surface area contributed by atoms with Crippen LogP contribution < -0.4 is 0 Å². The smallest absolute Gasteiger partial charge is 0.163 e. The van der Waals surface area contributed by atoms with Gasteiger partial charge in [0.2, 0.25) is 0 Å². The molecule has 0 bridgehead atoms. The van der Waals surface area contributed by atoms with Crippen LogP contribution in [0, 0.1) is 6.07 Å². The lowest BCUT2D eigenvalue weighted by molar-refractivity contribution is 0.101. The molecule has 0 fully saturated rings. The van der Waals surface area contributed by atoms with Gasteiger partial charge in [-0.15, -0.1) is 0 Å². The van der Waals surface area contributed by atoms with Crippen molar-refractivity contribution < 1.29 is 19.7 Å². The standard InChI is InChI=1S/C17H17O4/c1-11(18)16-13(8-9-21-2)17(15(20)10-14(16)19)12-6-4-3-5-7-12/h3-6,10,19-20H,8-9H2,1-2H3. The number of carbonyl (C=O) groups is 1. The molecule has 2 aromatic carbocycles. The average Bonchev–Trinajstić information content (AvgIpc) is 2.45. The molecule has 0 aliphatic carbocycles. The van der Waals surface area contributed by atoms with Crippen molar-refractivity contribution in [1.82, 2.24) is 0 Å². The molecule has 0 aromatic heterocycles. The molecule has 0 spiro atoms. The zero-order chi connectivity index (χ0) is 15.4. The van der Waals surface area contributed by atoms with Crippen LogP contribution in [0.15, 0.2) is 30.3 Å². The van der Waals surface area contributed by atoms with Crippen molar-refractivity contribution >= 4 is 5.78 Å². The second kappa shape index (κ2) is 6.41. The average molecular weight is 285 g/mol. The summed E-state index contributed by atoms with van der Waals surface area (Å²) in [6.07, 6.45) is 0.408. The van der Waals surface area contributed by atoms with Gasteiger partial charge < -0.3 is 14.9 Å². The van der Waals surface area contributed by atoms with E-state index in [9.17, 15) is 15.0 Å². The summed E-state index contributed by atoms with van der Waals surface area (Å²) < 4.78 is 5.07. The largest absolute Gasteiger partial charge is 0.507 e. The Morgan fingerprint density at radius 2 is 2.05 bits per heavy atom. The Bertz CT molecular complexity index is 648. The lowest BCUT2D eigenvalue weighted by Gasteiger charge is -2.16. The fraction of sp³-hybridized carbons (Fsp3) is 0.235. The van der Waals surface area contributed by atoms with Gasteiger partial charge in [0, 0.05) is 18.7 Å². The third kappa shape index (κ3) is 3.06. The maximum Gasteiger partial charge on any atom is 0.163 e. The second-order valence-electron chi connectivity index (χ2n) is 4.72. The number of ketones is 1. The van der Waals surface area contributed by atoms with Crippen LogP contribution >= 0.6 is 0 Å². The van der Waals surface area contributed by atoms with Gasteiger partial charge in [-0.05, 0) is 30.5 Å². The highest BCUT2D eigenvalue weighted by Gasteiger charge is 2.21. The topological polar surface area (TPSA) is 66.8 Å². The van der Waals surface area contributed by atoms with E-state index in [0.29, 0.717) is 29.7 Å². The first-order valence-electron chi connectivity index (χ1n) is 6.61. The predicted molar refractivity (Wildman–Crippen MR) is 79.6 cm³/mol. The molecule has 0 saturated carbocycles. The molecule has 0 atom stereocenters. The van der Waals surface area contributed by atoms with Gasteiger partial charge >= 0.3 is 0 Å². The third-order valence-corrected chi connectivity index (χ3v) is 3.28. The first-order valence-corrected chi connectivity index (χ1v) is 6.61. The number of methoxy groups -OCH3 is 1. The monoisotopic (exact) mass is 285 g/mol. The summed E-state index contributed by atoms with van der Waals surface area (Å²) in [4.78, 5) is 11.9. The van der Waals surface area contributed by atoms with Crippen LogP contribution in [-0.2, 0) is 11.2 Å². The van der Waals surface area contributed by atoms with E-state index in [2.05, 4.69) is 6.07 Å². The van der Waals surface area contributed by atoms with E-state index in [1.165, 1.54) is 13.0 Å². The third-order valence-electron chi connectivity index (χ3n) is 3.28. The molecule has 4 nitrogen and oxygen atoms in total. The number of ether oxygens (including phenoxy) is 1. The number of benzene rings is 2. The number of phenolic OH excluding ortho intramolecular Hbond substituents is 2. The summed E-state index contributed by atoms with van der Waals surface area (Å²) in [5.41, 5.74) is 1.97. The molecular weight excluding hydrogens is 268 g/mol. The lowest BCUT2D eigenvalue weighted by atomic mass is 9.90. The van der Waals surface area contributed by atoms with E-state index in [4.69, 9.17) is 4.74 Å². The maximum absolute atomic E-state index is 11.9. The normalized spacial score (nSPS) is 10.6. The van der Waals surface area contributed by atoms with Gasteiger partial charge in [-0.25, -0.2) is 0 Å². The van der Waals surface area contributed by atoms with Crippen LogP contribution in [-0.4, -0.2) is 29.7 Å². The highest BCUT2D eigenvalue weighted by Crippen LogP contribution is 2.39. The number of carbonyl (C=O) groups excluding carboxylic acids is 1. The number of Topliss-reactive ketones (excluding diaryl/α,β-unsaturated/α-hetero) is 1. The molecule has 0 amide bonds. The van der Waals surface area contributed by atoms with Crippen LogP contribution in [0.1, 0.15) is 22.8 Å². The molecule has 21 heavy (non-hydrogen) atoms. The summed E-state index contributed by atoms with van der Waals surface area (Å²) in [6, 6.07) is 11.4. The van der Waals surface area contributed by atoms with Crippen molar-refractivity contribution in [2.75, 3.05) is 13.7 Å². The summed E-state index contributed by atoms with van der Waals surface area (Å²) in [6.45, 7) is 1.77. The van der Waals surface area contributed by atoms with Gasteiger partial charge in [0.15, 0.2) is 5.78 Å². The van der Waals surface area contributed by atoms with Gasteiger partial charge in [-0.2, -0.15) is 0 Å². The summed E-state index contributed by atoms with van der Waals surface area (Å²) in [5.74, 6) is -0.548. The van der Waals surface area contributed by atoms with Crippen LogP contribution in [0.3, 0.4) is 0 Å². The van der Waals surface area contributed by atoms with E-state index < -0.39 is 0 Å². The molecule has 0 saturated heterocycles. The van der Waals surface area contributed by atoms with Crippen LogP contribution in [0.2, 0.25) is 0 Å². The highest BCUT2D eigenvalue weighted by molar-refractivity contribution is 6.01. The predicted octanol–water partition coefficient (Wildman–Crippen LogP) is 2.96. The Kier molecular flexibility index (Phi) is 4.60. The summed E-state index contributed by atoms with van der Waals surface area (Å²) in [7, 11) is 1.56. The Balaban J connectivity index is 2.72. The first-order chi connectivity index (χ1) is 10.1. The van der Waals surface area contributed by atoms with Crippen LogP contribution in [0.25, 0.3) is 11.1 Å². The molecule has 109 valence electrons. The van der Waals surface area contributed by atoms with Gasteiger partial charge in [0.05, 0.1) is 12.2 Å². The highest BCUT2D eigenvalue weighted by atomic mass is 16.5. The number of hydrogen-bond acceptors (Lipinski definition) is 4. The number of aromatic hydroxyl groups is 2. The van der Waals surface area contributed by atoms with E-state index in [-0.39, 0.29) is 22.8 Å². The fourth-order valence-corrected chi connectivity index (χ4v) is 2.40. The zero-order valence-electron chi connectivity index (χ0n) is 12.0. The number of phenols is 2. The molecule has 2 aromatic rings. The first kappa shape index (κ1) is 15.1.